The Bertz CT molecular complexity index is 540. The monoisotopic (exact) mass is 416 g/mol. The van der Waals surface area contributed by atoms with Crippen LogP contribution in [0.25, 0.3) is 0 Å². The molecule has 1 unspecified atom stereocenters. The lowest BCUT2D eigenvalue weighted by Gasteiger charge is -2.19. The van der Waals surface area contributed by atoms with Gasteiger partial charge in [-0.2, -0.15) is 0 Å². The molecule has 2 nitrogen and oxygen atoms in total. The predicted octanol–water partition coefficient (Wildman–Crippen LogP) is 3.91. The van der Waals surface area contributed by atoms with Crippen molar-refractivity contribution in [3.63, 3.8) is 0 Å². The second-order valence-electron chi connectivity index (χ2n) is 4.18. The first-order chi connectivity index (χ1) is 8.61. The van der Waals surface area contributed by atoms with Crippen molar-refractivity contribution in [3.8, 4) is 0 Å². The van der Waals surface area contributed by atoms with E-state index in [4.69, 9.17) is 5.84 Å². The molecule has 0 saturated heterocycles. The third-order valence-corrected chi connectivity index (χ3v) is 4.32. The molecule has 0 radical (unpaired) electrons. The zero-order valence-electron chi connectivity index (χ0n) is 9.95. The normalized spacial score (nSPS) is 12.4. The van der Waals surface area contributed by atoms with Crippen molar-refractivity contribution in [1.29, 1.82) is 0 Å². The van der Waals surface area contributed by atoms with Crippen molar-refractivity contribution in [2.45, 2.75) is 13.0 Å². The number of aryl methyl sites for hydroxylation is 1. The van der Waals surface area contributed by atoms with Gasteiger partial charge in [0.15, 0.2) is 0 Å². The number of nitrogens with two attached hydrogens (primary N) is 1. The molecule has 0 aromatic heterocycles. The minimum absolute atomic E-state index is 0.00926. The molecule has 0 aliphatic rings. The summed E-state index contributed by atoms with van der Waals surface area (Å²) in [6.45, 7) is 2.08. The minimum Gasteiger partial charge on any atom is -0.271 e. The fourth-order valence-corrected chi connectivity index (χ4v) is 2.89. The van der Waals surface area contributed by atoms with Gasteiger partial charge in [-0.1, -0.05) is 45.8 Å². The van der Waals surface area contributed by atoms with Gasteiger partial charge in [0, 0.05) is 8.04 Å². The van der Waals surface area contributed by atoms with E-state index in [0.29, 0.717) is 0 Å². The molecule has 18 heavy (non-hydrogen) atoms. The summed E-state index contributed by atoms with van der Waals surface area (Å²) in [4.78, 5) is 0. The average Bonchev–Trinajstić information content (AvgIpc) is 2.37. The van der Waals surface area contributed by atoms with Gasteiger partial charge in [0.25, 0.3) is 0 Å². The maximum atomic E-state index is 5.73. The van der Waals surface area contributed by atoms with Gasteiger partial charge >= 0.3 is 0 Å². The van der Waals surface area contributed by atoms with E-state index >= 15 is 0 Å². The van der Waals surface area contributed by atoms with Crippen LogP contribution in [0.3, 0.4) is 0 Å². The highest BCUT2D eigenvalue weighted by atomic mass is 127. The van der Waals surface area contributed by atoms with Crippen LogP contribution in [0.15, 0.2) is 46.9 Å². The Morgan fingerprint density at radius 2 is 1.83 bits per heavy atom. The molecule has 94 valence electrons. The van der Waals surface area contributed by atoms with Crippen LogP contribution in [0.2, 0.25) is 0 Å². The summed E-state index contributed by atoms with van der Waals surface area (Å²) in [5.41, 5.74) is 6.49. The number of rotatable bonds is 3. The summed E-state index contributed by atoms with van der Waals surface area (Å²) < 4.78 is 2.25. The largest absolute Gasteiger partial charge is 0.271 e. The second-order valence-corrected chi connectivity index (χ2v) is 6.25. The van der Waals surface area contributed by atoms with E-state index in [1.54, 1.807) is 0 Å². The fourth-order valence-electron chi connectivity index (χ4n) is 1.86. The third kappa shape index (κ3) is 3.12. The van der Waals surface area contributed by atoms with Crippen LogP contribution in [0.4, 0.5) is 0 Å². The van der Waals surface area contributed by atoms with Crippen molar-refractivity contribution < 1.29 is 0 Å². The number of benzene rings is 2. The molecule has 0 heterocycles. The quantitative estimate of drug-likeness (QED) is 0.452. The van der Waals surface area contributed by atoms with Crippen molar-refractivity contribution in [2.24, 2.45) is 5.84 Å². The van der Waals surface area contributed by atoms with E-state index in [2.05, 4.69) is 87.3 Å². The maximum Gasteiger partial charge on any atom is 0.0720 e. The average molecular weight is 417 g/mol. The van der Waals surface area contributed by atoms with E-state index < -0.39 is 0 Å². The molecule has 4 heteroatoms. The summed E-state index contributed by atoms with van der Waals surface area (Å²) in [5, 5.41) is 0. The van der Waals surface area contributed by atoms with Crippen LogP contribution >= 0.6 is 38.5 Å². The van der Waals surface area contributed by atoms with Gasteiger partial charge in [0.1, 0.15) is 0 Å². The van der Waals surface area contributed by atoms with Crippen molar-refractivity contribution in [2.75, 3.05) is 0 Å². The van der Waals surface area contributed by atoms with E-state index in [0.717, 1.165) is 4.47 Å². The van der Waals surface area contributed by atoms with Crippen LogP contribution < -0.4 is 11.3 Å². The Kier molecular flexibility index (Phi) is 4.77. The molecular formula is C14H14BrIN2. The number of hydrazine groups is 1. The van der Waals surface area contributed by atoms with E-state index in [1.165, 1.54) is 20.3 Å². The molecule has 0 bridgehead atoms. The van der Waals surface area contributed by atoms with Gasteiger partial charge in [-0.05, 0) is 58.8 Å². The summed E-state index contributed by atoms with van der Waals surface area (Å²) in [6.07, 6.45) is 0. The van der Waals surface area contributed by atoms with Gasteiger partial charge < -0.3 is 0 Å². The molecule has 0 saturated carbocycles. The Morgan fingerprint density at radius 3 is 2.44 bits per heavy atom. The van der Waals surface area contributed by atoms with Crippen molar-refractivity contribution >= 4 is 38.5 Å². The second kappa shape index (κ2) is 6.14. The van der Waals surface area contributed by atoms with Crippen LogP contribution in [-0.2, 0) is 0 Å². The predicted molar refractivity (Wildman–Crippen MR) is 87.2 cm³/mol. The molecular weight excluding hydrogens is 403 g/mol. The molecule has 0 aliphatic carbocycles. The zero-order valence-corrected chi connectivity index (χ0v) is 13.7. The SMILES string of the molecule is Cc1ccc(C(NN)c2cc(Br)ccc2I)cc1. The van der Waals surface area contributed by atoms with Crippen molar-refractivity contribution in [1.82, 2.24) is 5.43 Å². The number of nitrogens with one attached hydrogen (secondary N) is 1. The highest BCUT2D eigenvalue weighted by molar-refractivity contribution is 14.1. The maximum absolute atomic E-state index is 5.73. The standard InChI is InChI=1S/C14H14BrIN2/c1-9-2-4-10(5-3-9)14(18-17)12-8-11(15)6-7-13(12)16/h2-8,14,18H,17H2,1H3. The van der Waals surface area contributed by atoms with E-state index in [9.17, 15) is 0 Å². The first-order valence-corrected chi connectivity index (χ1v) is 7.46. The number of halogens is 2. The lowest BCUT2D eigenvalue weighted by Crippen LogP contribution is -2.29. The van der Waals surface area contributed by atoms with Crippen LogP contribution in [0.5, 0.6) is 0 Å². The first-order valence-electron chi connectivity index (χ1n) is 5.59. The van der Waals surface area contributed by atoms with Crippen LogP contribution in [0.1, 0.15) is 22.7 Å². The molecule has 2 rings (SSSR count). The summed E-state index contributed by atoms with van der Waals surface area (Å²) in [7, 11) is 0. The molecule has 0 spiro atoms. The van der Waals surface area contributed by atoms with E-state index in [-0.39, 0.29) is 6.04 Å². The van der Waals surface area contributed by atoms with Crippen LogP contribution in [0, 0.1) is 10.5 Å². The topological polar surface area (TPSA) is 38.0 Å². The first kappa shape index (κ1) is 14.0. The lowest BCUT2D eigenvalue weighted by atomic mass is 9.98. The molecule has 2 aromatic rings. The number of hydrogen-bond acceptors (Lipinski definition) is 2. The zero-order chi connectivity index (χ0) is 13.1. The Morgan fingerprint density at radius 1 is 1.17 bits per heavy atom. The van der Waals surface area contributed by atoms with Gasteiger partial charge in [-0.15, -0.1) is 0 Å². The summed E-state index contributed by atoms with van der Waals surface area (Å²) in [6, 6.07) is 14.6. The van der Waals surface area contributed by atoms with Gasteiger partial charge in [-0.3, -0.25) is 5.84 Å². The number of hydrogen-bond donors (Lipinski definition) is 2. The minimum atomic E-state index is 0.00926. The summed E-state index contributed by atoms with van der Waals surface area (Å²) in [5.74, 6) is 5.73. The van der Waals surface area contributed by atoms with Gasteiger partial charge in [0.05, 0.1) is 6.04 Å². The Hall–Kier alpha value is -0.430. The molecule has 1 atom stereocenters. The lowest BCUT2D eigenvalue weighted by molar-refractivity contribution is 0.634. The molecule has 2 aromatic carbocycles. The highest BCUT2D eigenvalue weighted by Gasteiger charge is 2.15. The Balaban J connectivity index is 2.44. The van der Waals surface area contributed by atoms with Crippen LogP contribution in [-0.4, -0.2) is 0 Å². The molecule has 3 N–H and O–H groups in total. The smallest absolute Gasteiger partial charge is 0.0720 e. The Labute approximate surface area is 129 Å². The van der Waals surface area contributed by atoms with Gasteiger partial charge in [0.2, 0.25) is 0 Å². The molecule has 0 amide bonds. The van der Waals surface area contributed by atoms with Crippen molar-refractivity contribution in [3.05, 3.63) is 67.2 Å². The fraction of sp³-hybridized carbons (Fsp3) is 0.143. The molecule has 0 aliphatic heterocycles. The highest BCUT2D eigenvalue weighted by Crippen LogP contribution is 2.28. The third-order valence-electron chi connectivity index (χ3n) is 2.85. The van der Waals surface area contributed by atoms with E-state index in [1.807, 2.05) is 6.07 Å². The summed E-state index contributed by atoms with van der Waals surface area (Å²) >= 11 is 5.84. The molecule has 0 fully saturated rings. The van der Waals surface area contributed by atoms with Gasteiger partial charge in [-0.25, -0.2) is 5.43 Å².